The normalized spacial score (nSPS) is 31.1. The molecule has 2 aliphatic rings. The second-order valence-electron chi connectivity index (χ2n) is 7.99. The van der Waals surface area contributed by atoms with Gasteiger partial charge < -0.3 is 24.8 Å². The van der Waals surface area contributed by atoms with Crippen LogP contribution in [0, 0.1) is 5.82 Å². The molecule has 29 heavy (non-hydrogen) atoms. The number of benzene rings is 2. The number of rotatable bonds is 4. The van der Waals surface area contributed by atoms with Gasteiger partial charge in [-0.2, -0.15) is 0 Å². The van der Waals surface area contributed by atoms with E-state index in [1.807, 2.05) is 31.2 Å². The van der Waals surface area contributed by atoms with Crippen LogP contribution in [0.25, 0.3) is 0 Å². The van der Waals surface area contributed by atoms with E-state index in [1.54, 1.807) is 13.0 Å². The zero-order chi connectivity index (χ0) is 20.8. The second-order valence-corrected chi connectivity index (χ2v) is 7.99. The molecule has 1 saturated heterocycles. The van der Waals surface area contributed by atoms with Crippen LogP contribution < -0.4 is 4.74 Å². The molecule has 0 saturated carbocycles. The summed E-state index contributed by atoms with van der Waals surface area (Å²) in [4.78, 5) is 0. The third kappa shape index (κ3) is 3.44. The molecule has 1 aliphatic carbocycles. The zero-order valence-electron chi connectivity index (χ0n) is 16.6. The fourth-order valence-corrected chi connectivity index (χ4v) is 4.58. The fraction of sp³-hybridized carbons (Fsp3) is 0.478. The molecular formula is C23H27FO5. The number of ether oxygens (including phenoxy) is 2. The number of aliphatic hydroxyl groups excluding tert-OH is 3. The Morgan fingerprint density at radius 2 is 1.86 bits per heavy atom. The minimum atomic E-state index is -1.32. The third-order valence-corrected chi connectivity index (χ3v) is 6.15. The zero-order valence-corrected chi connectivity index (χ0v) is 16.6. The molecule has 156 valence electrons. The van der Waals surface area contributed by atoms with E-state index in [2.05, 4.69) is 0 Å². The highest BCUT2D eigenvalue weighted by Gasteiger charge is 2.55. The topological polar surface area (TPSA) is 79.2 Å². The highest BCUT2D eigenvalue weighted by molar-refractivity contribution is 5.44. The Balaban J connectivity index is 1.67. The number of hydrogen-bond donors (Lipinski definition) is 3. The maximum Gasteiger partial charge on any atom is 0.127 e. The predicted octanol–water partition coefficient (Wildman–Crippen LogP) is 2.46. The number of fused-ring (bicyclic) bond motifs is 2. The lowest BCUT2D eigenvalue weighted by Gasteiger charge is -2.47. The van der Waals surface area contributed by atoms with Gasteiger partial charge in [-0.15, -0.1) is 0 Å². The summed E-state index contributed by atoms with van der Waals surface area (Å²) in [5.74, 6) is 0.471. The molecule has 1 aliphatic heterocycles. The minimum absolute atomic E-state index is 0.298. The van der Waals surface area contributed by atoms with Crippen molar-refractivity contribution in [2.24, 2.45) is 0 Å². The lowest BCUT2D eigenvalue weighted by molar-refractivity contribution is -0.268. The van der Waals surface area contributed by atoms with Crippen molar-refractivity contribution in [2.45, 2.75) is 63.1 Å². The molecule has 1 fully saturated rings. The van der Waals surface area contributed by atoms with Gasteiger partial charge in [-0.05, 0) is 73.2 Å². The van der Waals surface area contributed by atoms with E-state index in [4.69, 9.17) is 9.47 Å². The van der Waals surface area contributed by atoms with E-state index in [9.17, 15) is 19.7 Å². The van der Waals surface area contributed by atoms with Crippen LogP contribution in [0.4, 0.5) is 4.39 Å². The fourth-order valence-electron chi connectivity index (χ4n) is 4.58. The molecule has 4 rings (SSSR count). The van der Waals surface area contributed by atoms with Gasteiger partial charge in [0.2, 0.25) is 0 Å². The van der Waals surface area contributed by atoms with E-state index >= 15 is 0 Å². The first-order chi connectivity index (χ1) is 13.9. The summed E-state index contributed by atoms with van der Waals surface area (Å²) in [6.45, 7) is 4.17. The molecule has 0 unspecified atom stereocenters. The second kappa shape index (κ2) is 7.69. The molecule has 5 nitrogen and oxygen atoms in total. The van der Waals surface area contributed by atoms with Gasteiger partial charge in [0.25, 0.3) is 0 Å². The highest BCUT2D eigenvalue weighted by atomic mass is 19.1. The van der Waals surface area contributed by atoms with Gasteiger partial charge in [-0.1, -0.05) is 12.1 Å². The molecule has 0 bridgehead atoms. The first-order valence-electron chi connectivity index (χ1n) is 10.1. The number of aryl methyl sites for hydroxylation is 1. The summed E-state index contributed by atoms with van der Waals surface area (Å²) in [6.07, 6.45) is -3.03. The third-order valence-electron chi connectivity index (χ3n) is 6.15. The van der Waals surface area contributed by atoms with Crippen LogP contribution in [0.5, 0.6) is 5.75 Å². The summed E-state index contributed by atoms with van der Waals surface area (Å²) in [7, 11) is 0. The number of hydrogen-bond acceptors (Lipinski definition) is 5. The summed E-state index contributed by atoms with van der Waals surface area (Å²) in [5.41, 5.74) is 1.78. The molecule has 2 aromatic carbocycles. The van der Waals surface area contributed by atoms with E-state index in [-0.39, 0.29) is 5.82 Å². The Kier molecular flexibility index (Phi) is 5.38. The molecule has 6 heteroatoms. The molecule has 0 radical (unpaired) electrons. The van der Waals surface area contributed by atoms with E-state index in [0.29, 0.717) is 37.0 Å². The highest BCUT2D eigenvalue weighted by Crippen LogP contribution is 2.48. The van der Waals surface area contributed by atoms with Crippen molar-refractivity contribution in [1.29, 1.82) is 0 Å². The Morgan fingerprint density at radius 3 is 2.55 bits per heavy atom. The molecule has 1 heterocycles. The van der Waals surface area contributed by atoms with Crippen LogP contribution in [0.1, 0.15) is 42.5 Å². The first-order valence-corrected chi connectivity index (χ1v) is 10.1. The SMILES string of the molecule is CCOc1ccc(Cc2cc3c(cc2F)CC[C@]32O[C@H](C)[C@@H](O)[C@H](O)[C@H]2O)cc1. The summed E-state index contributed by atoms with van der Waals surface area (Å²) in [5, 5.41) is 31.1. The van der Waals surface area contributed by atoms with E-state index in [0.717, 1.165) is 16.9 Å². The Hall–Kier alpha value is -1.99. The van der Waals surface area contributed by atoms with Gasteiger partial charge in [-0.3, -0.25) is 0 Å². The van der Waals surface area contributed by atoms with E-state index < -0.39 is 30.0 Å². The first kappa shape index (κ1) is 20.3. The maximum atomic E-state index is 14.8. The van der Waals surface area contributed by atoms with Crippen molar-refractivity contribution in [3.05, 3.63) is 64.5 Å². The molecule has 0 aromatic heterocycles. The molecule has 5 atom stereocenters. The number of halogens is 1. The van der Waals surface area contributed by atoms with Crippen LogP contribution >= 0.6 is 0 Å². The van der Waals surface area contributed by atoms with Crippen molar-refractivity contribution in [2.75, 3.05) is 6.61 Å². The minimum Gasteiger partial charge on any atom is -0.494 e. The Labute approximate surface area is 169 Å². The van der Waals surface area contributed by atoms with Gasteiger partial charge in [0.05, 0.1) is 12.7 Å². The molecule has 2 aromatic rings. The van der Waals surface area contributed by atoms with Crippen LogP contribution in [0.2, 0.25) is 0 Å². The molecular weight excluding hydrogens is 375 g/mol. The van der Waals surface area contributed by atoms with Gasteiger partial charge in [0, 0.05) is 6.42 Å². The Bertz CT molecular complexity index is 884. The summed E-state index contributed by atoms with van der Waals surface area (Å²) >= 11 is 0. The van der Waals surface area contributed by atoms with Gasteiger partial charge >= 0.3 is 0 Å². The van der Waals surface area contributed by atoms with Crippen molar-refractivity contribution < 1.29 is 29.2 Å². The van der Waals surface area contributed by atoms with Gasteiger partial charge in [0.1, 0.15) is 35.5 Å². The van der Waals surface area contributed by atoms with Crippen molar-refractivity contribution in [3.8, 4) is 5.75 Å². The summed E-state index contributed by atoms with van der Waals surface area (Å²) < 4.78 is 26.3. The Morgan fingerprint density at radius 1 is 1.14 bits per heavy atom. The average molecular weight is 402 g/mol. The smallest absolute Gasteiger partial charge is 0.127 e. The lowest BCUT2D eigenvalue weighted by atomic mass is 9.80. The average Bonchev–Trinajstić information content (AvgIpc) is 3.05. The maximum absolute atomic E-state index is 14.8. The lowest BCUT2D eigenvalue weighted by Crippen LogP contribution is -2.61. The van der Waals surface area contributed by atoms with E-state index in [1.165, 1.54) is 6.07 Å². The van der Waals surface area contributed by atoms with Crippen molar-refractivity contribution >= 4 is 0 Å². The number of aliphatic hydroxyl groups is 3. The van der Waals surface area contributed by atoms with Gasteiger partial charge in [0.15, 0.2) is 0 Å². The van der Waals surface area contributed by atoms with Crippen molar-refractivity contribution in [3.63, 3.8) is 0 Å². The summed E-state index contributed by atoms with van der Waals surface area (Å²) in [6, 6.07) is 10.8. The van der Waals surface area contributed by atoms with Crippen LogP contribution in [0.3, 0.4) is 0 Å². The molecule has 1 spiro atoms. The monoisotopic (exact) mass is 402 g/mol. The molecule has 3 N–H and O–H groups in total. The quantitative estimate of drug-likeness (QED) is 0.732. The van der Waals surface area contributed by atoms with Crippen LogP contribution in [-0.4, -0.2) is 46.3 Å². The predicted molar refractivity (Wildman–Crippen MR) is 105 cm³/mol. The van der Waals surface area contributed by atoms with Crippen LogP contribution in [-0.2, 0) is 23.2 Å². The van der Waals surface area contributed by atoms with Crippen LogP contribution in [0.15, 0.2) is 36.4 Å². The largest absolute Gasteiger partial charge is 0.494 e. The van der Waals surface area contributed by atoms with Crippen molar-refractivity contribution in [1.82, 2.24) is 0 Å². The van der Waals surface area contributed by atoms with Gasteiger partial charge in [-0.25, -0.2) is 4.39 Å². The molecule has 0 amide bonds. The standard InChI is InChI=1S/C23H27FO5/c1-3-28-17-6-4-14(5-7-17)10-16-11-18-15(12-19(16)24)8-9-23(18)22(27)21(26)20(25)13(2)29-23/h4-7,11-13,20-22,25-27H,3,8-10H2,1-2H3/t13-,20-,21+,22-,23+/m1/s1.